The molecule has 0 aliphatic rings. The van der Waals surface area contributed by atoms with E-state index in [1.54, 1.807) is 6.08 Å². The Morgan fingerprint density at radius 1 is 0.920 bits per heavy atom. The van der Waals surface area contributed by atoms with Crippen molar-refractivity contribution >= 4 is 5.78 Å². The summed E-state index contributed by atoms with van der Waals surface area (Å²) in [4.78, 5) is 11.7. The van der Waals surface area contributed by atoms with E-state index < -0.39 is 5.79 Å². The fourth-order valence-electron chi connectivity index (χ4n) is 2.78. The van der Waals surface area contributed by atoms with Gasteiger partial charge in [-0.2, -0.15) is 0 Å². The van der Waals surface area contributed by atoms with Gasteiger partial charge in [-0.3, -0.25) is 4.79 Å². The number of ketones is 1. The summed E-state index contributed by atoms with van der Waals surface area (Å²) in [5.74, 6) is -1.74. The number of hydrogen-bond acceptors (Lipinski definition) is 4. The summed E-state index contributed by atoms with van der Waals surface area (Å²) in [6.07, 6.45) is 16.0. The van der Waals surface area contributed by atoms with Crippen LogP contribution < -0.4 is 0 Å². The third-order valence-electron chi connectivity index (χ3n) is 4.23. The second-order valence-corrected chi connectivity index (χ2v) is 7.06. The van der Waals surface area contributed by atoms with Gasteiger partial charge in [0.1, 0.15) is 5.78 Å². The molecule has 146 valence electrons. The maximum Gasteiger partial charge on any atom is 0.173 e. The highest BCUT2D eigenvalue weighted by Crippen LogP contribution is 2.16. The lowest BCUT2D eigenvalue weighted by Gasteiger charge is -2.18. The van der Waals surface area contributed by atoms with E-state index in [9.17, 15) is 15.0 Å². The van der Waals surface area contributed by atoms with Crippen LogP contribution in [0.5, 0.6) is 0 Å². The molecule has 0 aromatic carbocycles. The van der Waals surface area contributed by atoms with Crippen molar-refractivity contribution in [3.63, 3.8) is 0 Å². The zero-order valence-corrected chi connectivity index (χ0v) is 16.0. The minimum Gasteiger partial charge on any atom is -0.513 e. The van der Waals surface area contributed by atoms with Crippen LogP contribution in [-0.2, 0) is 4.79 Å². The van der Waals surface area contributed by atoms with Crippen molar-refractivity contribution in [3.05, 3.63) is 24.5 Å². The lowest BCUT2D eigenvalue weighted by molar-refractivity contribution is -0.159. The molecule has 0 aliphatic carbocycles. The van der Waals surface area contributed by atoms with Crippen molar-refractivity contribution < 1.29 is 20.1 Å². The van der Waals surface area contributed by atoms with E-state index in [-0.39, 0.29) is 18.6 Å². The van der Waals surface area contributed by atoms with Gasteiger partial charge in [0.25, 0.3) is 0 Å². The smallest absolute Gasteiger partial charge is 0.173 e. The van der Waals surface area contributed by atoms with E-state index in [0.717, 1.165) is 44.9 Å². The van der Waals surface area contributed by atoms with Crippen LogP contribution in [0.2, 0.25) is 0 Å². The molecule has 0 amide bonds. The zero-order valence-electron chi connectivity index (χ0n) is 16.0. The first-order chi connectivity index (χ1) is 11.9. The average molecular weight is 355 g/mol. The van der Waals surface area contributed by atoms with Crippen LogP contribution >= 0.6 is 0 Å². The Balaban J connectivity index is 3.47. The highest BCUT2D eigenvalue weighted by molar-refractivity contribution is 5.78. The summed E-state index contributed by atoms with van der Waals surface area (Å²) >= 11 is 0. The molecule has 0 aromatic rings. The van der Waals surface area contributed by atoms with E-state index in [4.69, 9.17) is 5.11 Å². The number of aliphatic hydroxyl groups excluding tert-OH is 1. The predicted octanol–water partition coefficient (Wildman–Crippen LogP) is 5.35. The third kappa shape index (κ3) is 17.5. The molecular formula is C21H38O4. The van der Waals surface area contributed by atoms with Crippen molar-refractivity contribution in [2.45, 2.75) is 103 Å². The summed E-state index contributed by atoms with van der Waals surface area (Å²) in [6.45, 7) is 5.45. The highest BCUT2D eigenvalue weighted by Gasteiger charge is 2.21. The molecule has 3 N–H and O–H groups in total. The van der Waals surface area contributed by atoms with Crippen molar-refractivity contribution in [1.82, 2.24) is 0 Å². The third-order valence-corrected chi connectivity index (χ3v) is 4.23. The predicted molar refractivity (Wildman–Crippen MR) is 103 cm³/mol. The topological polar surface area (TPSA) is 77.8 Å². The van der Waals surface area contributed by atoms with Crippen molar-refractivity contribution in [2.24, 2.45) is 0 Å². The molecule has 0 fully saturated rings. The molecule has 0 radical (unpaired) electrons. The largest absolute Gasteiger partial charge is 0.513 e. The van der Waals surface area contributed by atoms with Gasteiger partial charge in [-0.1, -0.05) is 64.2 Å². The number of Topliss-reactive ketones (excluding diaryl/α,β-unsaturated/α-hetero) is 1. The molecule has 0 atom stereocenters. The molecule has 4 heteroatoms. The molecule has 4 nitrogen and oxygen atoms in total. The summed E-state index contributed by atoms with van der Waals surface area (Å²) < 4.78 is 0. The molecule has 0 heterocycles. The lowest BCUT2D eigenvalue weighted by atomic mass is 10.0. The van der Waals surface area contributed by atoms with Crippen molar-refractivity contribution in [2.75, 3.05) is 0 Å². The summed E-state index contributed by atoms with van der Waals surface area (Å²) in [5, 5.41) is 28.1. The Hall–Kier alpha value is -1.13. The van der Waals surface area contributed by atoms with Gasteiger partial charge in [0.05, 0.1) is 12.2 Å². The first-order valence-corrected chi connectivity index (χ1v) is 9.85. The van der Waals surface area contributed by atoms with E-state index in [0.29, 0.717) is 12.2 Å². The zero-order chi connectivity index (χ0) is 19.0. The second-order valence-electron chi connectivity index (χ2n) is 7.06. The fourth-order valence-corrected chi connectivity index (χ4v) is 2.78. The molecular weight excluding hydrogens is 316 g/mol. The van der Waals surface area contributed by atoms with Gasteiger partial charge in [0, 0.05) is 19.3 Å². The maximum atomic E-state index is 11.7. The fraction of sp³-hybridized carbons (Fsp3) is 0.762. The lowest BCUT2D eigenvalue weighted by Crippen LogP contribution is -2.27. The van der Waals surface area contributed by atoms with Gasteiger partial charge in [-0.05, 0) is 25.7 Å². The van der Waals surface area contributed by atoms with Crippen LogP contribution in [0.4, 0.5) is 0 Å². The van der Waals surface area contributed by atoms with Gasteiger partial charge in [-0.15, -0.1) is 0 Å². The summed E-state index contributed by atoms with van der Waals surface area (Å²) in [6, 6.07) is 0. The number of aliphatic hydroxyl groups is 3. The molecule has 0 saturated carbocycles. The van der Waals surface area contributed by atoms with Crippen LogP contribution in [0.15, 0.2) is 24.5 Å². The molecule has 0 bridgehead atoms. The Kier molecular flexibility index (Phi) is 14.5. The van der Waals surface area contributed by atoms with Gasteiger partial charge in [-0.25, -0.2) is 0 Å². The molecule has 0 aromatic heterocycles. The second kappa shape index (κ2) is 15.2. The average Bonchev–Trinajstić information content (AvgIpc) is 2.51. The van der Waals surface area contributed by atoms with Gasteiger partial charge in [0.2, 0.25) is 0 Å². The van der Waals surface area contributed by atoms with Crippen LogP contribution in [0.1, 0.15) is 96.8 Å². The number of hydrogen-bond donors (Lipinski definition) is 3. The first-order valence-electron chi connectivity index (χ1n) is 9.85. The van der Waals surface area contributed by atoms with Gasteiger partial charge < -0.3 is 15.3 Å². The normalized spacial score (nSPS) is 12.0. The van der Waals surface area contributed by atoms with Gasteiger partial charge >= 0.3 is 0 Å². The maximum absolute atomic E-state index is 11.7. The van der Waals surface area contributed by atoms with Crippen LogP contribution in [-0.4, -0.2) is 26.9 Å². The number of unbranched alkanes of at least 4 members (excludes halogenated alkanes) is 8. The minimum atomic E-state index is -1.92. The number of rotatable bonds is 17. The quantitative estimate of drug-likeness (QED) is 0.142. The van der Waals surface area contributed by atoms with Crippen LogP contribution in [0.25, 0.3) is 0 Å². The number of carbonyl (C=O) groups excluding carboxylic acids is 1. The van der Waals surface area contributed by atoms with E-state index in [2.05, 4.69) is 13.5 Å². The van der Waals surface area contributed by atoms with Crippen LogP contribution in [0.3, 0.4) is 0 Å². The molecule has 25 heavy (non-hydrogen) atoms. The number of allylic oxidation sites excluding steroid dienone is 1. The molecule has 0 spiro atoms. The Morgan fingerprint density at radius 2 is 1.48 bits per heavy atom. The van der Waals surface area contributed by atoms with Crippen LogP contribution in [0, 0.1) is 0 Å². The molecule has 0 aliphatic heterocycles. The van der Waals surface area contributed by atoms with E-state index in [1.165, 1.54) is 25.7 Å². The van der Waals surface area contributed by atoms with E-state index >= 15 is 0 Å². The summed E-state index contributed by atoms with van der Waals surface area (Å²) in [5.41, 5.74) is 0. The Morgan fingerprint density at radius 3 is 2.04 bits per heavy atom. The molecule has 0 saturated heterocycles. The highest BCUT2D eigenvalue weighted by atomic mass is 16.5. The number of carbonyl (C=O) groups is 1. The minimum absolute atomic E-state index is 0.0827. The standard InChI is InChI=1S/C21H38O4/c1-3-4-5-9-12-15-20(23)16-13-10-7-6-8-11-14-17-21(24,25)18-19(2)22/h11,14,22,24-25H,2-10,12-13,15-18H2,1H3/b14-11+. The van der Waals surface area contributed by atoms with E-state index in [1.807, 2.05) is 6.08 Å². The Bertz CT molecular complexity index is 385. The Labute approximate surface area is 153 Å². The monoisotopic (exact) mass is 354 g/mol. The summed E-state index contributed by atoms with van der Waals surface area (Å²) in [7, 11) is 0. The first kappa shape index (κ1) is 23.9. The molecule has 0 rings (SSSR count). The van der Waals surface area contributed by atoms with Crippen molar-refractivity contribution in [1.29, 1.82) is 0 Å². The van der Waals surface area contributed by atoms with Crippen molar-refractivity contribution in [3.8, 4) is 0 Å². The molecule has 0 unspecified atom stereocenters. The van der Waals surface area contributed by atoms with Gasteiger partial charge in [0.15, 0.2) is 5.79 Å². The SMILES string of the molecule is C=C(O)CC(O)(O)C/C=C/CCCCCCC(=O)CCCCCCC.